The summed E-state index contributed by atoms with van der Waals surface area (Å²) < 4.78 is 0. The third-order valence-electron chi connectivity index (χ3n) is 3.36. The Kier molecular flexibility index (Phi) is 2.74. The number of rotatable bonds is 1. The van der Waals surface area contributed by atoms with Crippen molar-refractivity contribution in [2.24, 2.45) is 11.8 Å². The van der Waals surface area contributed by atoms with Crippen LogP contribution in [0.15, 0.2) is 0 Å². The van der Waals surface area contributed by atoms with Crippen molar-refractivity contribution >= 4 is 0 Å². The van der Waals surface area contributed by atoms with Crippen LogP contribution in [-0.4, -0.2) is 10.7 Å². The van der Waals surface area contributed by atoms with Gasteiger partial charge in [0.05, 0.1) is 18.1 Å². The average molecular weight is 167 g/mol. The summed E-state index contributed by atoms with van der Waals surface area (Å²) in [5.74, 6) is 0.822. The minimum absolute atomic E-state index is 0.269. The third kappa shape index (κ3) is 1.61. The molecule has 1 fully saturated rings. The molecule has 0 aliphatic heterocycles. The maximum Gasteiger partial charge on any atom is 0.0805 e. The van der Waals surface area contributed by atoms with Crippen molar-refractivity contribution in [3.8, 4) is 6.07 Å². The van der Waals surface area contributed by atoms with Gasteiger partial charge in [-0.3, -0.25) is 0 Å². The van der Waals surface area contributed by atoms with Crippen LogP contribution in [0.1, 0.15) is 39.5 Å². The van der Waals surface area contributed by atoms with E-state index in [1.165, 1.54) is 6.42 Å². The topological polar surface area (TPSA) is 44.0 Å². The zero-order chi connectivity index (χ0) is 9.19. The molecule has 12 heavy (non-hydrogen) atoms. The van der Waals surface area contributed by atoms with Crippen LogP contribution in [0.25, 0.3) is 0 Å². The molecule has 0 heterocycles. The molecule has 1 N–H and O–H groups in total. The van der Waals surface area contributed by atoms with E-state index in [9.17, 15) is 5.11 Å². The standard InChI is InChI=1S/C10H17NO/c1-8-4-3-5-10(12,6-7-11)9(8)2/h8-9,12H,3-6H2,1-2H3. The quantitative estimate of drug-likeness (QED) is 0.649. The highest BCUT2D eigenvalue weighted by molar-refractivity contribution is 4.96. The fourth-order valence-electron chi connectivity index (χ4n) is 2.12. The smallest absolute Gasteiger partial charge is 0.0805 e. The van der Waals surface area contributed by atoms with E-state index in [2.05, 4.69) is 19.9 Å². The van der Waals surface area contributed by atoms with Crippen LogP contribution in [0.4, 0.5) is 0 Å². The normalized spacial score (nSPS) is 42.2. The van der Waals surface area contributed by atoms with Gasteiger partial charge in [0.15, 0.2) is 0 Å². The van der Waals surface area contributed by atoms with E-state index in [-0.39, 0.29) is 5.92 Å². The van der Waals surface area contributed by atoms with E-state index in [1.54, 1.807) is 0 Å². The van der Waals surface area contributed by atoms with Gasteiger partial charge < -0.3 is 5.11 Å². The number of aliphatic hydroxyl groups is 1. The van der Waals surface area contributed by atoms with Crippen LogP contribution >= 0.6 is 0 Å². The van der Waals surface area contributed by atoms with Crippen molar-refractivity contribution in [2.75, 3.05) is 0 Å². The Labute approximate surface area is 74.2 Å². The van der Waals surface area contributed by atoms with Crippen LogP contribution < -0.4 is 0 Å². The second-order valence-electron chi connectivity index (χ2n) is 4.10. The van der Waals surface area contributed by atoms with Crippen LogP contribution in [0.5, 0.6) is 0 Å². The second-order valence-corrected chi connectivity index (χ2v) is 4.10. The van der Waals surface area contributed by atoms with Crippen molar-refractivity contribution in [2.45, 2.75) is 45.1 Å². The zero-order valence-electron chi connectivity index (χ0n) is 7.88. The van der Waals surface area contributed by atoms with Gasteiger partial charge in [-0.2, -0.15) is 5.26 Å². The van der Waals surface area contributed by atoms with Crippen LogP contribution in [0.3, 0.4) is 0 Å². The highest BCUT2D eigenvalue weighted by Crippen LogP contribution is 2.39. The molecule has 3 unspecified atom stereocenters. The van der Waals surface area contributed by atoms with E-state index in [0.29, 0.717) is 12.3 Å². The minimum Gasteiger partial charge on any atom is -0.389 e. The number of hydrogen-bond acceptors (Lipinski definition) is 2. The predicted octanol–water partition coefficient (Wildman–Crippen LogP) is 2.09. The molecule has 0 spiro atoms. The largest absolute Gasteiger partial charge is 0.389 e. The molecule has 0 aromatic carbocycles. The average Bonchev–Trinajstić information content (AvgIpc) is 2.01. The Bertz CT molecular complexity index is 197. The lowest BCUT2D eigenvalue weighted by Crippen LogP contribution is -2.42. The summed E-state index contributed by atoms with van der Waals surface area (Å²) >= 11 is 0. The van der Waals surface area contributed by atoms with Gasteiger partial charge in [-0.25, -0.2) is 0 Å². The van der Waals surface area contributed by atoms with Crippen molar-refractivity contribution in [1.82, 2.24) is 0 Å². The Balaban J connectivity index is 2.68. The van der Waals surface area contributed by atoms with E-state index in [0.717, 1.165) is 12.8 Å². The van der Waals surface area contributed by atoms with Gasteiger partial charge in [-0.05, 0) is 18.3 Å². The predicted molar refractivity (Wildman–Crippen MR) is 47.4 cm³/mol. The second kappa shape index (κ2) is 3.45. The van der Waals surface area contributed by atoms with Gasteiger partial charge in [-0.15, -0.1) is 0 Å². The Morgan fingerprint density at radius 1 is 1.58 bits per heavy atom. The minimum atomic E-state index is -0.702. The first kappa shape index (κ1) is 9.54. The molecule has 0 aromatic heterocycles. The van der Waals surface area contributed by atoms with E-state index in [4.69, 9.17) is 5.26 Å². The monoisotopic (exact) mass is 167 g/mol. The SMILES string of the molecule is CC1CCCC(O)(CC#N)C1C. The maximum absolute atomic E-state index is 10.1. The summed E-state index contributed by atoms with van der Waals surface area (Å²) in [6.07, 6.45) is 3.34. The molecule has 2 nitrogen and oxygen atoms in total. The Morgan fingerprint density at radius 3 is 2.83 bits per heavy atom. The van der Waals surface area contributed by atoms with Gasteiger partial charge in [0, 0.05) is 0 Å². The molecule has 2 heteroatoms. The van der Waals surface area contributed by atoms with Crippen molar-refractivity contribution in [1.29, 1.82) is 5.26 Å². The summed E-state index contributed by atoms with van der Waals surface area (Å²) in [6.45, 7) is 4.22. The van der Waals surface area contributed by atoms with Gasteiger partial charge in [-0.1, -0.05) is 26.7 Å². The first-order chi connectivity index (χ1) is 5.60. The fourth-order valence-corrected chi connectivity index (χ4v) is 2.12. The molecular formula is C10H17NO. The molecule has 1 aliphatic rings. The molecule has 0 amide bonds. The molecule has 0 bridgehead atoms. The lowest BCUT2D eigenvalue weighted by atomic mass is 9.69. The molecule has 3 atom stereocenters. The molecular weight excluding hydrogens is 150 g/mol. The van der Waals surface area contributed by atoms with E-state index >= 15 is 0 Å². The molecule has 0 aromatic rings. The molecule has 1 saturated carbocycles. The van der Waals surface area contributed by atoms with E-state index in [1.807, 2.05) is 0 Å². The molecule has 68 valence electrons. The third-order valence-corrected chi connectivity index (χ3v) is 3.36. The molecule has 1 rings (SSSR count). The summed E-state index contributed by atoms with van der Waals surface area (Å²) in [5.41, 5.74) is -0.702. The van der Waals surface area contributed by atoms with Crippen LogP contribution in [-0.2, 0) is 0 Å². The number of nitrogens with zero attached hydrogens (tertiary/aromatic N) is 1. The number of hydrogen-bond donors (Lipinski definition) is 1. The van der Waals surface area contributed by atoms with Gasteiger partial charge in [0.1, 0.15) is 0 Å². The molecule has 0 radical (unpaired) electrons. The first-order valence-electron chi connectivity index (χ1n) is 4.69. The molecule has 0 saturated heterocycles. The van der Waals surface area contributed by atoms with Crippen molar-refractivity contribution in [3.63, 3.8) is 0 Å². The Morgan fingerprint density at radius 2 is 2.25 bits per heavy atom. The van der Waals surface area contributed by atoms with Crippen LogP contribution in [0, 0.1) is 23.2 Å². The Hall–Kier alpha value is -0.550. The van der Waals surface area contributed by atoms with Crippen molar-refractivity contribution < 1.29 is 5.11 Å². The van der Waals surface area contributed by atoms with Gasteiger partial charge in [0.2, 0.25) is 0 Å². The van der Waals surface area contributed by atoms with E-state index < -0.39 is 5.60 Å². The van der Waals surface area contributed by atoms with Crippen LogP contribution in [0.2, 0.25) is 0 Å². The zero-order valence-corrected chi connectivity index (χ0v) is 7.88. The lowest BCUT2D eigenvalue weighted by molar-refractivity contribution is -0.0586. The molecule has 1 aliphatic carbocycles. The van der Waals surface area contributed by atoms with Crippen molar-refractivity contribution in [3.05, 3.63) is 0 Å². The lowest BCUT2D eigenvalue weighted by Gasteiger charge is -2.40. The summed E-state index contributed by atoms with van der Waals surface area (Å²) in [5, 5.41) is 18.7. The highest BCUT2D eigenvalue weighted by Gasteiger charge is 2.39. The highest BCUT2D eigenvalue weighted by atomic mass is 16.3. The fraction of sp³-hybridized carbons (Fsp3) is 0.900. The summed E-state index contributed by atoms with van der Waals surface area (Å²) in [6, 6.07) is 2.08. The first-order valence-corrected chi connectivity index (χ1v) is 4.69. The number of nitriles is 1. The summed E-state index contributed by atoms with van der Waals surface area (Å²) in [4.78, 5) is 0. The van der Waals surface area contributed by atoms with Gasteiger partial charge >= 0.3 is 0 Å². The van der Waals surface area contributed by atoms with Gasteiger partial charge in [0.25, 0.3) is 0 Å². The summed E-state index contributed by atoms with van der Waals surface area (Å²) in [7, 11) is 0. The maximum atomic E-state index is 10.1.